The molecular formula is C15H18N8. The van der Waals surface area contributed by atoms with E-state index in [1.807, 2.05) is 26.4 Å². The zero-order valence-corrected chi connectivity index (χ0v) is 13.1. The van der Waals surface area contributed by atoms with E-state index in [1.54, 1.807) is 0 Å². The van der Waals surface area contributed by atoms with Crippen molar-refractivity contribution in [1.29, 1.82) is 0 Å². The van der Waals surface area contributed by atoms with Crippen LogP contribution in [0.25, 0.3) is 11.2 Å². The lowest BCUT2D eigenvalue weighted by atomic mass is 10.2. The molecule has 0 saturated carbocycles. The number of fused-ring (bicyclic) bond motifs is 1. The number of aromatic nitrogens is 6. The van der Waals surface area contributed by atoms with Crippen LogP contribution < -0.4 is 10.6 Å². The van der Waals surface area contributed by atoms with Crippen LogP contribution in [0.1, 0.15) is 23.9 Å². The van der Waals surface area contributed by atoms with Crippen molar-refractivity contribution in [1.82, 2.24) is 29.5 Å². The Balaban J connectivity index is 1.65. The van der Waals surface area contributed by atoms with E-state index in [2.05, 4.69) is 34.4 Å². The smallest absolute Gasteiger partial charge is 0.165 e. The highest BCUT2D eigenvalue weighted by atomic mass is 15.3. The Morgan fingerprint density at radius 2 is 2.04 bits per heavy atom. The lowest BCUT2D eigenvalue weighted by Gasteiger charge is -2.20. The number of nitrogen functional groups attached to an aromatic ring is 1. The molecule has 0 amide bonds. The van der Waals surface area contributed by atoms with E-state index in [4.69, 9.17) is 5.73 Å². The first-order valence-corrected chi connectivity index (χ1v) is 7.61. The van der Waals surface area contributed by atoms with Gasteiger partial charge in [-0.2, -0.15) is 0 Å². The average molecular weight is 310 g/mol. The summed E-state index contributed by atoms with van der Waals surface area (Å²) in [6.07, 6.45) is 6.19. The van der Waals surface area contributed by atoms with Crippen LogP contribution in [-0.2, 0) is 0 Å². The van der Waals surface area contributed by atoms with Gasteiger partial charge >= 0.3 is 0 Å². The van der Waals surface area contributed by atoms with E-state index in [0.717, 1.165) is 42.4 Å². The zero-order chi connectivity index (χ0) is 16.0. The predicted molar refractivity (Wildman–Crippen MR) is 87.1 cm³/mol. The van der Waals surface area contributed by atoms with Crippen molar-refractivity contribution in [3.8, 4) is 0 Å². The van der Waals surface area contributed by atoms with Crippen molar-refractivity contribution < 1.29 is 0 Å². The molecule has 1 unspecified atom stereocenters. The quantitative estimate of drug-likeness (QED) is 0.761. The van der Waals surface area contributed by atoms with Gasteiger partial charge in [0.15, 0.2) is 11.5 Å². The van der Waals surface area contributed by atoms with Gasteiger partial charge in [0, 0.05) is 24.8 Å². The Labute approximate surface area is 133 Å². The maximum absolute atomic E-state index is 5.87. The third kappa shape index (κ3) is 2.26. The van der Waals surface area contributed by atoms with E-state index in [1.165, 1.54) is 6.33 Å². The van der Waals surface area contributed by atoms with Gasteiger partial charge in [0.25, 0.3) is 0 Å². The molecule has 3 aromatic heterocycles. The molecule has 0 aliphatic carbocycles. The Morgan fingerprint density at radius 1 is 1.17 bits per heavy atom. The van der Waals surface area contributed by atoms with E-state index < -0.39 is 0 Å². The van der Waals surface area contributed by atoms with Crippen LogP contribution in [0.3, 0.4) is 0 Å². The number of hydrogen-bond donors (Lipinski definition) is 1. The molecule has 8 heteroatoms. The van der Waals surface area contributed by atoms with Crippen LogP contribution in [0.15, 0.2) is 18.9 Å². The number of rotatable bonds is 2. The molecule has 0 bridgehead atoms. The number of hydrogen-bond acceptors (Lipinski definition) is 7. The molecule has 1 fully saturated rings. The number of aryl methyl sites for hydroxylation is 2. The summed E-state index contributed by atoms with van der Waals surface area (Å²) in [5, 5.41) is 0. The first-order chi connectivity index (χ1) is 11.1. The molecule has 4 heterocycles. The van der Waals surface area contributed by atoms with Gasteiger partial charge in [-0.15, -0.1) is 0 Å². The summed E-state index contributed by atoms with van der Waals surface area (Å²) < 4.78 is 2.09. The Kier molecular flexibility index (Phi) is 3.10. The molecular weight excluding hydrogens is 292 g/mol. The van der Waals surface area contributed by atoms with Gasteiger partial charge in [-0.3, -0.25) is 0 Å². The van der Waals surface area contributed by atoms with Gasteiger partial charge in [0.05, 0.1) is 12.4 Å². The summed E-state index contributed by atoms with van der Waals surface area (Å²) >= 11 is 0. The van der Waals surface area contributed by atoms with Gasteiger partial charge in [-0.05, 0) is 20.3 Å². The second kappa shape index (κ2) is 5.15. The molecule has 118 valence electrons. The maximum Gasteiger partial charge on any atom is 0.165 e. The topological polar surface area (TPSA) is 98.6 Å². The second-order valence-corrected chi connectivity index (χ2v) is 5.90. The molecule has 1 aliphatic heterocycles. The third-order valence-corrected chi connectivity index (χ3v) is 4.31. The van der Waals surface area contributed by atoms with Gasteiger partial charge < -0.3 is 15.2 Å². The highest BCUT2D eigenvalue weighted by Gasteiger charge is 2.27. The fourth-order valence-corrected chi connectivity index (χ4v) is 3.14. The SMILES string of the molecule is Cc1ncc(C)c(N2CCC(n3cnc4c(N)ncnc43)C2)n1. The van der Waals surface area contributed by atoms with Crippen LogP contribution >= 0.6 is 0 Å². The van der Waals surface area contributed by atoms with E-state index in [0.29, 0.717) is 17.4 Å². The number of imidazole rings is 1. The zero-order valence-electron chi connectivity index (χ0n) is 13.1. The summed E-state index contributed by atoms with van der Waals surface area (Å²) in [5.41, 5.74) is 8.42. The summed E-state index contributed by atoms with van der Waals surface area (Å²) in [6, 6.07) is 0.295. The first kappa shape index (κ1) is 13.9. The van der Waals surface area contributed by atoms with Crippen LogP contribution in [0.4, 0.5) is 11.6 Å². The van der Waals surface area contributed by atoms with Crippen molar-refractivity contribution in [2.75, 3.05) is 23.7 Å². The molecule has 0 radical (unpaired) electrons. The molecule has 3 aromatic rings. The minimum atomic E-state index is 0.295. The number of anilines is 2. The molecule has 8 nitrogen and oxygen atoms in total. The first-order valence-electron chi connectivity index (χ1n) is 7.61. The van der Waals surface area contributed by atoms with E-state index >= 15 is 0 Å². The molecule has 4 rings (SSSR count). The average Bonchev–Trinajstić information content (AvgIpc) is 3.16. The van der Waals surface area contributed by atoms with Crippen LogP contribution in [0.5, 0.6) is 0 Å². The van der Waals surface area contributed by atoms with Crippen molar-refractivity contribution >= 4 is 22.8 Å². The largest absolute Gasteiger partial charge is 0.382 e. The van der Waals surface area contributed by atoms with E-state index in [9.17, 15) is 0 Å². The molecule has 23 heavy (non-hydrogen) atoms. The minimum Gasteiger partial charge on any atom is -0.382 e. The number of nitrogens with two attached hydrogens (primary N) is 1. The highest BCUT2D eigenvalue weighted by Crippen LogP contribution is 2.29. The molecule has 2 N–H and O–H groups in total. The summed E-state index contributed by atoms with van der Waals surface area (Å²) in [5.74, 6) is 2.23. The lowest BCUT2D eigenvalue weighted by molar-refractivity contribution is 0.562. The van der Waals surface area contributed by atoms with Gasteiger partial charge in [-0.1, -0.05) is 0 Å². The van der Waals surface area contributed by atoms with Crippen LogP contribution in [-0.4, -0.2) is 42.6 Å². The highest BCUT2D eigenvalue weighted by molar-refractivity contribution is 5.81. The van der Waals surface area contributed by atoms with Crippen molar-refractivity contribution in [2.45, 2.75) is 26.3 Å². The monoisotopic (exact) mass is 310 g/mol. The standard InChI is InChI=1S/C15H18N8/c1-9-5-17-10(2)21-14(9)22-4-3-11(6-22)23-8-20-12-13(16)18-7-19-15(12)23/h5,7-8,11H,3-4,6H2,1-2H3,(H2,16,18,19). The molecule has 0 spiro atoms. The molecule has 0 aromatic carbocycles. The van der Waals surface area contributed by atoms with E-state index in [-0.39, 0.29) is 0 Å². The molecule has 1 atom stereocenters. The summed E-state index contributed by atoms with van der Waals surface area (Å²) in [4.78, 5) is 23.8. The van der Waals surface area contributed by atoms with Gasteiger partial charge in [-0.25, -0.2) is 24.9 Å². The second-order valence-electron chi connectivity index (χ2n) is 5.90. The van der Waals surface area contributed by atoms with Crippen molar-refractivity contribution in [2.24, 2.45) is 0 Å². The van der Waals surface area contributed by atoms with Gasteiger partial charge in [0.1, 0.15) is 23.5 Å². The molecule has 1 aliphatic rings. The Hall–Kier alpha value is -2.77. The summed E-state index contributed by atoms with van der Waals surface area (Å²) in [7, 11) is 0. The number of nitrogens with zero attached hydrogens (tertiary/aromatic N) is 7. The van der Waals surface area contributed by atoms with Crippen molar-refractivity contribution in [3.63, 3.8) is 0 Å². The molecule has 1 saturated heterocycles. The maximum atomic E-state index is 5.87. The lowest BCUT2D eigenvalue weighted by Crippen LogP contribution is -2.23. The normalized spacial score (nSPS) is 18.0. The Morgan fingerprint density at radius 3 is 2.91 bits per heavy atom. The van der Waals surface area contributed by atoms with Gasteiger partial charge in [0.2, 0.25) is 0 Å². The fraction of sp³-hybridized carbons (Fsp3) is 0.400. The summed E-state index contributed by atoms with van der Waals surface area (Å²) in [6.45, 7) is 5.77. The Bertz CT molecular complexity index is 871. The van der Waals surface area contributed by atoms with Crippen LogP contribution in [0, 0.1) is 13.8 Å². The predicted octanol–water partition coefficient (Wildman–Crippen LogP) is 1.27. The van der Waals surface area contributed by atoms with Crippen molar-refractivity contribution in [3.05, 3.63) is 30.2 Å². The van der Waals surface area contributed by atoms with Crippen LogP contribution in [0.2, 0.25) is 0 Å². The fourth-order valence-electron chi connectivity index (χ4n) is 3.14. The third-order valence-electron chi connectivity index (χ3n) is 4.31. The minimum absolute atomic E-state index is 0.295.